The lowest BCUT2D eigenvalue weighted by Gasteiger charge is -2.37. The molecule has 16 rings (SSSR count). The van der Waals surface area contributed by atoms with Crippen molar-refractivity contribution in [1.29, 1.82) is 0 Å². The fourth-order valence-electron chi connectivity index (χ4n) is 14.8. The normalized spacial score (nSPS) is 16.9. The monoisotopic (exact) mass is 1130 g/mol. The van der Waals surface area contributed by atoms with E-state index in [-0.39, 0.29) is 45.4 Å². The first-order valence-corrected chi connectivity index (χ1v) is 30.1. The minimum atomic E-state index is -0.515. The van der Waals surface area contributed by atoms with Gasteiger partial charge in [-0.2, -0.15) is 0 Å². The van der Waals surface area contributed by atoms with Gasteiger partial charge in [-0.05, 0) is 201 Å². The van der Waals surface area contributed by atoms with Crippen LogP contribution in [0, 0.1) is 0 Å². The lowest BCUT2D eigenvalue weighted by molar-refractivity contribution is 0.100. The number of Topliss-reactive ketones (excluding diaryl/α,β-unsaturated/α-hetero) is 4. The van der Waals surface area contributed by atoms with Gasteiger partial charge in [-0.1, -0.05) is 0 Å². The van der Waals surface area contributed by atoms with Crippen LogP contribution in [0.15, 0.2) is 85.4 Å². The first-order valence-electron chi connectivity index (χ1n) is 30.1. The van der Waals surface area contributed by atoms with Gasteiger partial charge < -0.3 is 37.3 Å². The lowest BCUT2D eigenvalue weighted by Crippen LogP contribution is -2.34. The molecule has 0 radical (unpaired) electrons. The van der Waals surface area contributed by atoms with Gasteiger partial charge in [0.1, 0.15) is 44.6 Å². The highest BCUT2D eigenvalue weighted by atomic mass is 16.4. The van der Waals surface area contributed by atoms with Gasteiger partial charge in [-0.25, -0.2) is 19.2 Å². The summed E-state index contributed by atoms with van der Waals surface area (Å²) in [6, 6.07) is 15.2. The van der Waals surface area contributed by atoms with E-state index < -0.39 is 22.5 Å². The van der Waals surface area contributed by atoms with E-state index >= 15 is 0 Å². The number of aryl methyl sites for hydroxylation is 8. The summed E-state index contributed by atoms with van der Waals surface area (Å²) in [6.07, 6.45) is 17.0. The summed E-state index contributed by atoms with van der Waals surface area (Å²) >= 11 is 0. The zero-order valence-electron chi connectivity index (χ0n) is 48.3. The topological polar surface area (TPSA) is 202 Å². The molecule has 0 aliphatic carbocycles. The van der Waals surface area contributed by atoms with Gasteiger partial charge in [0.15, 0.2) is 23.1 Å². The fraction of sp³-hybridized carbons (Fsp3) is 0.412. The predicted octanol–water partition coefficient (Wildman–Crippen LogP) is 10.8. The predicted molar refractivity (Wildman–Crippen MR) is 325 cm³/mol. The molecule has 0 N–H and O–H groups in total. The Morgan fingerprint density at radius 2 is 0.488 bits per heavy atom. The van der Waals surface area contributed by atoms with Gasteiger partial charge in [0.2, 0.25) is 0 Å². The summed E-state index contributed by atoms with van der Waals surface area (Å²) in [7, 11) is 0. The molecule has 4 aromatic carbocycles. The molecule has 0 saturated heterocycles. The van der Waals surface area contributed by atoms with Crippen LogP contribution in [0.4, 0.5) is 22.7 Å². The molecular formula is C68H68N4O12. The maximum atomic E-state index is 12.0. The highest BCUT2D eigenvalue weighted by Gasteiger charge is 2.32. The Morgan fingerprint density at radius 1 is 0.298 bits per heavy atom. The van der Waals surface area contributed by atoms with Crippen molar-refractivity contribution in [1.82, 2.24) is 0 Å². The molecular weight excluding hydrogens is 1060 g/mol. The van der Waals surface area contributed by atoms with Gasteiger partial charge in [0.05, 0.1) is 0 Å². The van der Waals surface area contributed by atoms with E-state index in [1.807, 2.05) is 0 Å². The third kappa shape index (κ3) is 9.74. The number of carbonyl (C=O) groups is 4. The number of hydrogen-bond acceptors (Lipinski definition) is 16. The lowest BCUT2D eigenvalue weighted by atomic mass is 9.90. The van der Waals surface area contributed by atoms with Crippen molar-refractivity contribution in [2.24, 2.45) is 0 Å². The van der Waals surface area contributed by atoms with E-state index in [2.05, 4.69) is 43.9 Å². The minimum Gasteiger partial charge on any atom is -0.422 e. The Kier molecular flexibility index (Phi) is 14.3. The molecule has 8 aliphatic rings. The highest BCUT2D eigenvalue weighted by Crippen LogP contribution is 2.44. The summed E-state index contributed by atoms with van der Waals surface area (Å²) in [4.78, 5) is 104. The van der Waals surface area contributed by atoms with Gasteiger partial charge in [0, 0.05) is 119 Å². The van der Waals surface area contributed by atoms with Crippen molar-refractivity contribution in [3.63, 3.8) is 0 Å². The first kappa shape index (κ1) is 54.8. The molecule has 0 saturated carbocycles. The third-order valence-corrected chi connectivity index (χ3v) is 18.4. The number of carbonyl (C=O) groups excluding carboxylic acids is 4. The molecule has 0 unspecified atom stereocenters. The fourth-order valence-corrected chi connectivity index (χ4v) is 14.8. The second-order valence-electron chi connectivity index (χ2n) is 23.9. The number of nitrogens with zero attached hydrogens (tertiary/aromatic N) is 4. The van der Waals surface area contributed by atoms with Crippen LogP contribution in [0.2, 0.25) is 0 Å². The summed E-state index contributed by atoms with van der Waals surface area (Å²) in [6.45, 7) is 14.3. The maximum absolute atomic E-state index is 12.0. The highest BCUT2D eigenvalue weighted by molar-refractivity contribution is 6.01. The Morgan fingerprint density at radius 3 is 0.679 bits per heavy atom. The van der Waals surface area contributed by atoms with Gasteiger partial charge in [-0.3, -0.25) is 19.2 Å². The van der Waals surface area contributed by atoms with Crippen molar-refractivity contribution in [2.75, 3.05) is 72.0 Å². The van der Waals surface area contributed by atoms with E-state index in [4.69, 9.17) is 17.7 Å². The number of rotatable bonds is 4. The first-order chi connectivity index (χ1) is 40.6. The molecule has 0 spiro atoms. The van der Waals surface area contributed by atoms with Gasteiger partial charge in [-0.15, -0.1) is 0 Å². The number of benzene rings is 4. The molecule has 16 heteroatoms. The SMILES string of the molecule is CC(=O)c1cc2cc3c4c(c2oc1=O)CCCN4CCC3.CC(=O)c1cc2cc3c4c(c2oc1=O)CCCN4CCC3.CC(=O)c1cc2cc3c4c(c2oc1=O)CCCN4CCC3.CC(=O)c1cc2cc3c4c(c2oc1=O)CCCN4CCC3. The molecule has 0 bridgehead atoms. The second-order valence-corrected chi connectivity index (χ2v) is 23.9. The summed E-state index contributed by atoms with van der Waals surface area (Å²) < 4.78 is 22.1. The van der Waals surface area contributed by atoms with Crippen LogP contribution in [-0.2, 0) is 51.4 Å². The van der Waals surface area contributed by atoms with Crippen LogP contribution < -0.4 is 42.1 Å². The van der Waals surface area contributed by atoms with Crippen molar-refractivity contribution in [3.8, 4) is 0 Å². The number of fused-ring (bicyclic) bond motifs is 8. The molecule has 4 aromatic heterocycles. The minimum absolute atomic E-state index is 0.151. The van der Waals surface area contributed by atoms with E-state index in [0.29, 0.717) is 22.3 Å². The Labute approximate surface area is 484 Å². The third-order valence-electron chi connectivity index (χ3n) is 18.4. The van der Waals surface area contributed by atoms with Crippen molar-refractivity contribution < 1.29 is 36.8 Å². The van der Waals surface area contributed by atoms with E-state index in [9.17, 15) is 38.4 Å². The molecule has 0 fully saturated rings. The summed E-state index contributed by atoms with van der Waals surface area (Å²) in [5.41, 5.74) is 16.3. The quantitative estimate of drug-likeness (QED) is 0.119. The second kappa shape index (κ2) is 22.0. The number of anilines is 4. The largest absolute Gasteiger partial charge is 0.422 e. The average molecular weight is 1130 g/mol. The zero-order chi connectivity index (χ0) is 58.2. The number of hydrogen-bond donors (Lipinski definition) is 0. The number of ketones is 4. The molecule has 12 heterocycles. The average Bonchev–Trinajstić information content (AvgIpc) is 3.25. The maximum Gasteiger partial charge on any atom is 0.347 e. The van der Waals surface area contributed by atoms with Crippen molar-refractivity contribution >= 4 is 89.8 Å². The smallest absolute Gasteiger partial charge is 0.347 e. The van der Waals surface area contributed by atoms with Crippen LogP contribution in [0.25, 0.3) is 43.9 Å². The Balaban J connectivity index is 0.000000104. The summed E-state index contributed by atoms with van der Waals surface area (Å²) in [5, 5.41) is 3.55. The molecule has 432 valence electrons. The zero-order valence-corrected chi connectivity index (χ0v) is 48.3. The van der Waals surface area contributed by atoms with Crippen LogP contribution in [0.5, 0.6) is 0 Å². The molecule has 0 atom stereocenters. The van der Waals surface area contributed by atoms with E-state index in [1.165, 1.54) is 72.7 Å². The van der Waals surface area contributed by atoms with E-state index in [1.54, 1.807) is 24.3 Å². The Hall–Kier alpha value is -8.40. The van der Waals surface area contributed by atoms with E-state index in [0.717, 1.165) is 199 Å². The summed E-state index contributed by atoms with van der Waals surface area (Å²) in [5.74, 6) is -0.949. The van der Waals surface area contributed by atoms with Crippen molar-refractivity contribution in [2.45, 2.75) is 130 Å². The van der Waals surface area contributed by atoms with Crippen LogP contribution in [0.3, 0.4) is 0 Å². The molecule has 8 aliphatic heterocycles. The molecule has 84 heavy (non-hydrogen) atoms. The van der Waals surface area contributed by atoms with Crippen LogP contribution in [-0.4, -0.2) is 75.5 Å². The standard InChI is InChI=1S/4C17H17NO3/c4*1-10(19)14-9-12-8-11-4-2-6-18-7-3-5-13(15(11)18)16(12)21-17(14)20/h4*8-9H,2-7H2,1H3. The van der Waals surface area contributed by atoms with Gasteiger partial charge >= 0.3 is 22.5 Å². The van der Waals surface area contributed by atoms with Gasteiger partial charge in [0.25, 0.3) is 0 Å². The Bertz CT molecular complexity index is 3820. The molecule has 8 aromatic rings. The molecule has 0 amide bonds. The van der Waals surface area contributed by atoms with Crippen LogP contribution in [0.1, 0.15) is 165 Å². The van der Waals surface area contributed by atoms with Crippen molar-refractivity contribution in [3.05, 3.63) is 157 Å². The van der Waals surface area contributed by atoms with Crippen LogP contribution >= 0.6 is 0 Å². The molecule has 16 nitrogen and oxygen atoms in total.